The molecule has 1 aliphatic heterocycles. The summed E-state index contributed by atoms with van der Waals surface area (Å²) >= 11 is 18.0. The van der Waals surface area contributed by atoms with Gasteiger partial charge in [-0.05, 0) is 78.4 Å². The SMILES string of the molecule is CCOc1cc([C@@H]2NC(=O)NC(C)=C2C(=O)OC)ccc1OC[C@@H](O)N/N=C/c1cc(Br)cc(I)c1OCc1ccc(Cl)cc1Cl. The third-order valence-corrected chi connectivity index (χ3v) is 8.37. The van der Waals surface area contributed by atoms with E-state index in [9.17, 15) is 14.7 Å². The molecule has 4 N–H and O–H groups in total. The highest BCUT2D eigenvalue weighted by Gasteiger charge is 2.32. The lowest BCUT2D eigenvalue weighted by Crippen LogP contribution is -2.45. The molecule has 0 spiro atoms. The summed E-state index contributed by atoms with van der Waals surface area (Å²) in [5.41, 5.74) is 5.29. The largest absolute Gasteiger partial charge is 0.490 e. The van der Waals surface area contributed by atoms with Crippen molar-refractivity contribution in [1.29, 1.82) is 0 Å². The molecule has 2 amide bonds. The van der Waals surface area contributed by atoms with Gasteiger partial charge in [0, 0.05) is 31.3 Å². The van der Waals surface area contributed by atoms with Gasteiger partial charge < -0.3 is 34.7 Å². The molecule has 0 saturated carbocycles. The zero-order valence-corrected chi connectivity index (χ0v) is 30.1. The summed E-state index contributed by atoms with van der Waals surface area (Å²) < 4.78 is 24.3. The first-order valence-corrected chi connectivity index (χ1v) is 16.4. The molecule has 0 fully saturated rings. The normalized spacial score (nSPS) is 15.2. The summed E-state index contributed by atoms with van der Waals surface area (Å²) in [5.74, 6) is 0.703. The molecule has 2 atom stereocenters. The van der Waals surface area contributed by atoms with Crippen LogP contribution in [0, 0.1) is 3.57 Å². The number of hydrogen-bond donors (Lipinski definition) is 4. The van der Waals surface area contributed by atoms with Gasteiger partial charge in [-0.1, -0.05) is 51.3 Å². The van der Waals surface area contributed by atoms with Crippen LogP contribution in [0.3, 0.4) is 0 Å². The van der Waals surface area contributed by atoms with Gasteiger partial charge in [0.1, 0.15) is 19.0 Å². The topological polar surface area (TPSA) is 140 Å². The van der Waals surface area contributed by atoms with E-state index >= 15 is 0 Å². The van der Waals surface area contributed by atoms with E-state index in [0.29, 0.717) is 50.7 Å². The minimum atomic E-state index is -1.19. The Hall–Kier alpha value is -3.24. The average molecular weight is 848 g/mol. The van der Waals surface area contributed by atoms with Crippen LogP contribution in [0.2, 0.25) is 10.0 Å². The van der Waals surface area contributed by atoms with Crippen molar-refractivity contribution in [1.82, 2.24) is 16.1 Å². The van der Waals surface area contributed by atoms with Gasteiger partial charge in [-0.2, -0.15) is 5.10 Å². The molecule has 11 nitrogen and oxygen atoms in total. The number of aliphatic hydroxyl groups is 1. The molecule has 0 saturated heterocycles. The van der Waals surface area contributed by atoms with Crippen molar-refractivity contribution in [2.75, 3.05) is 20.3 Å². The van der Waals surface area contributed by atoms with Crippen molar-refractivity contribution in [2.45, 2.75) is 32.7 Å². The maximum Gasteiger partial charge on any atom is 0.337 e. The fourth-order valence-electron chi connectivity index (χ4n) is 4.43. The highest BCUT2D eigenvalue weighted by molar-refractivity contribution is 14.1. The molecule has 244 valence electrons. The standard InChI is InChI=1S/C31H30BrCl2IN4O7/c1-4-44-25-10-17(28-27(30(41)43-3)16(2)37-31(42)38-28)6-8-24(25)45-15-26(40)39-36-13-19-9-20(32)11-23(35)29(19)46-14-18-5-7-21(33)12-22(18)34/h5-13,26,28,39-40H,4,14-15H2,1-3H3,(H2,37,38,42)/b36-13+/t26-,28+/m1/s1. The lowest BCUT2D eigenvalue weighted by molar-refractivity contribution is -0.136. The maximum absolute atomic E-state index is 12.5. The summed E-state index contributed by atoms with van der Waals surface area (Å²) in [4.78, 5) is 24.7. The molecule has 3 aromatic rings. The maximum atomic E-state index is 12.5. The molecule has 0 unspecified atom stereocenters. The Bertz CT molecular complexity index is 1670. The van der Waals surface area contributed by atoms with E-state index in [1.807, 2.05) is 19.1 Å². The van der Waals surface area contributed by atoms with E-state index in [0.717, 1.165) is 13.6 Å². The molecular formula is C31H30BrCl2IN4O7. The average Bonchev–Trinajstić information content (AvgIpc) is 3.00. The van der Waals surface area contributed by atoms with Crippen LogP contribution in [-0.4, -0.2) is 49.9 Å². The lowest BCUT2D eigenvalue weighted by atomic mass is 9.95. The minimum Gasteiger partial charge on any atom is -0.490 e. The van der Waals surface area contributed by atoms with Gasteiger partial charge in [-0.3, -0.25) is 5.43 Å². The van der Waals surface area contributed by atoms with Gasteiger partial charge in [0.15, 0.2) is 17.7 Å². The van der Waals surface area contributed by atoms with Crippen LogP contribution in [-0.2, 0) is 16.1 Å². The number of allylic oxidation sites excluding steroid dienone is 1. The number of hydrazone groups is 1. The monoisotopic (exact) mass is 846 g/mol. The van der Waals surface area contributed by atoms with Crippen molar-refractivity contribution in [3.05, 3.63) is 94.6 Å². The summed E-state index contributed by atoms with van der Waals surface area (Å²) in [6.45, 7) is 3.79. The number of rotatable bonds is 13. The van der Waals surface area contributed by atoms with Gasteiger partial charge in [-0.15, -0.1) is 0 Å². The van der Waals surface area contributed by atoms with Crippen LogP contribution < -0.4 is 30.3 Å². The second-order valence-electron chi connectivity index (χ2n) is 9.75. The van der Waals surface area contributed by atoms with Crippen LogP contribution in [0.5, 0.6) is 17.2 Å². The molecular weight excluding hydrogens is 818 g/mol. The fourth-order valence-corrected chi connectivity index (χ4v) is 6.60. The molecule has 0 aliphatic carbocycles. The van der Waals surface area contributed by atoms with Crippen LogP contribution in [0.25, 0.3) is 0 Å². The number of halogens is 4. The molecule has 4 rings (SSSR count). The van der Waals surface area contributed by atoms with Gasteiger partial charge in [0.05, 0.1) is 35.1 Å². The van der Waals surface area contributed by atoms with Crippen LogP contribution in [0.1, 0.15) is 36.6 Å². The van der Waals surface area contributed by atoms with Crippen molar-refractivity contribution >= 4 is 79.9 Å². The van der Waals surface area contributed by atoms with E-state index in [1.165, 1.54) is 13.3 Å². The van der Waals surface area contributed by atoms with E-state index in [4.69, 9.17) is 42.1 Å². The van der Waals surface area contributed by atoms with E-state index in [1.54, 1.807) is 43.3 Å². The Morgan fingerprint density at radius 2 is 1.93 bits per heavy atom. The first kappa shape index (κ1) is 35.6. The summed E-state index contributed by atoms with van der Waals surface area (Å²) in [6, 6.07) is 12.7. The first-order chi connectivity index (χ1) is 22.0. The number of ether oxygens (including phenoxy) is 4. The van der Waals surface area contributed by atoms with Gasteiger partial charge >= 0.3 is 12.0 Å². The van der Waals surface area contributed by atoms with Crippen molar-refractivity contribution in [2.24, 2.45) is 5.10 Å². The molecule has 0 aromatic heterocycles. The van der Waals surface area contributed by atoms with Crippen molar-refractivity contribution in [3.8, 4) is 17.2 Å². The first-order valence-electron chi connectivity index (χ1n) is 13.8. The Labute approximate surface area is 297 Å². The fraction of sp³-hybridized carbons (Fsp3) is 0.258. The second-order valence-corrected chi connectivity index (χ2v) is 12.7. The third kappa shape index (κ3) is 9.18. The van der Waals surface area contributed by atoms with Gasteiger partial charge in [-0.25, -0.2) is 9.59 Å². The highest BCUT2D eigenvalue weighted by Crippen LogP contribution is 2.35. The Morgan fingerprint density at radius 1 is 1.15 bits per heavy atom. The minimum absolute atomic E-state index is 0.179. The molecule has 15 heteroatoms. The predicted octanol–water partition coefficient (Wildman–Crippen LogP) is 6.46. The quantitative estimate of drug-likeness (QED) is 0.0506. The van der Waals surface area contributed by atoms with Crippen LogP contribution in [0.4, 0.5) is 4.79 Å². The number of carbonyl (C=O) groups excluding carboxylic acids is 2. The van der Waals surface area contributed by atoms with Gasteiger partial charge in [0.2, 0.25) is 0 Å². The zero-order valence-electron chi connectivity index (χ0n) is 24.8. The summed E-state index contributed by atoms with van der Waals surface area (Å²) in [5, 5.41) is 21.1. The molecule has 0 bridgehead atoms. The number of hydrogen-bond acceptors (Lipinski definition) is 9. The second kappa shape index (κ2) is 16.5. The predicted molar refractivity (Wildman–Crippen MR) is 187 cm³/mol. The summed E-state index contributed by atoms with van der Waals surface area (Å²) in [7, 11) is 1.27. The number of methoxy groups -OCH3 is 1. The number of esters is 1. The molecule has 0 radical (unpaired) electrons. The number of nitrogens with zero attached hydrogens (tertiary/aromatic N) is 1. The Balaban J connectivity index is 1.43. The zero-order chi connectivity index (χ0) is 33.4. The number of aliphatic hydroxyl groups excluding tert-OH is 1. The lowest BCUT2D eigenvalue weighted by Gasteiger charge is -2.28. The third-order valence-electron chi connectivity index (χ3n) is 6.52. The number of nitrogens with one attached hydrogen (secondary N) is 3. The Morgan fingerprint density at radius 3 is 2.65 bits per heavy atom. The summed E-state index contributed by atoms with van der Waals surface area (Å²) in [6.07, 6.45) is 0.339. The number of carbonyl (C=O) groups is 2. The smallest absolute Gasteiger partial charge is 0.337 e. The number of amides is 2. The van der Waals surface area contributed by atoms with Crippen LogP contribution in [0.15, 0.2) is 69.4 Å². The molecule has 1 heterocycles. The van der Waals surface area contributed by atoms with Crippen molar-refractivity contribution in [3.63, 3.8) is 0 Å². The Kier molecular flexibility index (Phi) is 12.8. The van der Waals surface area contributed by atoms with Crippen LogP contribution >= 0.6 is 61.7 Å². The van der Waals surface area contributed by atoms with Gasteiger partial charge in [0.25, 0.3) is 0 Å². The van der Waals surface area contributed by atoms with E-state index in [-0.39, 0.29) is 18.8 Å². The highest BCUT2D eigenvalue weighted by atomic mass is 127. The number of benzene rings is 3. The molecule has 1 aliphatic rings. The molecule has 46 heavy (non-hydrogen) atoms. The van der Waals surface area contributed by atoms with E-state index < -0.39 is 24.3 Å². The molecule has 3 aromatic carbocycles. The number of urea groups is 1. The van der Waals surface area contributed by atoms with E-state index in [2.05, 4.69) is 59.7 Å². The van der Waals surface area contributed by atoms with Crippen molar-refractivity contribution < 1.29 is 33.6 Å².